The van der Waals surface area contributed by atoms with Crippen LogP contribution < -0.4 is 38.6 Å². The standard InChI is InChI=1S/C19H21N6O4.ClH/c20-14-1-5-16(6-2-14)24(28)18(26)11-22-9-10-23(13-22)12-19(27)25(29)17-7-3-15(21)4-8-17;/h1-10,13,28-29H,11-12,20-21H2;1H/q+1;/p-1. The van der Waals surface area contributed by atoms with Crippen LogP contribution in [0, 0.1) is 0 Å². The Kier molecular flexibility index (Phi) is 7.37. The minimum atomic E-state index is -0.575. The highest BCUT2D eigenvalue weighted by Gasteiger charge is 2.20. The van der Waals surface area contributed by atoms with E-state index in [-0.39, 0.29) is 25.5 Å². The van der Waals surface area contributed by atoms with Gasteiger partial charge in [0.2, 0.25) is 6.33 Å². The summed E-state index contributed by atoms with van der Waals surface area (Å²) in [7, 11) is 0. The van der Waals surface area contributed by atoms with Gasteiger partial charge in [-0.3, -0.25) is 20.0 Å². The number of aromatic nitrogens is 2. The molecular formula is C19H21ClN6O4. The number of hydrogen-bond acceptors (Lipinski definition) is 6. The van der Waals surface area contributed by atoms with Crippen LogP contribution in [-0.4, -0.2) is 26.8 Å². The number of hydroxylamine groups is 2. The molecular weight excluding hydrogens is 412 g/mol. The van der Waals surface area contributed by atoms with Gasteiger partial charge >= 0.3 is 0 Å². The largest absolute Gasteiger partial charge is 1.00 e. The minimum Gasteiger partial charge on any atom is -1.00 e. The van der Waals surface area contributed by atoms with Crippen molar-refractivity contribution in [2.75, 3.05) is 21.6 Å². The molecule has 10 nitrogen and oxygen atoms in total. The van der Waals surface area contributed by atoms with E-state index in [1.165, 1.54) is 39.7 Å². The van der Waals surface area contributed by atoms with Crippen LogP contribution >= 0.6 is 0 Å². The number of carbonyl (C=O) groups is 2. The van der Waals surface area contributed by atoms with Gasteiger partial charge < -0.3 is 23.9 Å². The van der Waals surface area contributed by atoms with Crippen molar-refractivity contribution in [3.8, 4) is 0 Å². The number of carbonyl (C=O) groups excluding carboxylic acids is 2. The summed E-state index contributed by atoms with van der Waals surface area (Å²) in [6.45, 7) is -0.300. The van der Waals surface area contributed by atoms with Crippen molar-refractivity contribution >= 4 is 34.6 Å². The van der Waals surface area contributed by atoms with E-state index in [9.17, 15) is 20.0 Å². The lowest BCUT2D eigenvalue weighted by Gasteiger charge is -2.14. The van der Waals surface area contributed by atoms with Gasteiger partial charge in [-0.25, -0.2) is 9.13 Å². The molecule has 0 aliphatic rings. The molecule has 0 spiro atoms. The van der Waals surface area contributed by atoms with Gasteiger partial charge in [0.1, 0.15) is 12.4 Å². The van der Waals surface area contributed by atoms with Crippen molar-refractivity contribution in [2.24, 2.45) is 0 Å². The Morgan fingerprint density at radius 3 is 1.83 bits per heavy atom. The zero-order valence-corrected chi connectivity index (χ0v) is 16.6. The molecule has 30 heavy (non-hydrogen) atoms. The summed E-state index contributed by atoms with van der Waals surface area (Å²) in [6.07, 6.45) is 4.67. The van der Waals surface area contributed by atoms with Crippen LogP contribution in [0.4, 0.5) is 22.7 Å². The fourth-order valence-corrected chi connectivity index (χ4v) is 2.59. The summed E-state index contributed by atoms with van der Waals surface area (Å²) in [5.41, 5.74) is 12.8. The van der Waals surface area contributed by atoms with Crippen molar-refractivity contribution in [1.82, 2.24) is 4.57 Å². The second-order valence-corrected chi connectivity index (χ2v) is 6.35. The Balaban J connectivity index is 0.00000320. The molecule has 0 atom stereocenters. The molecule has 6 N–H and O–H groups in total. The summed E-state index contributed by atoms with van der Waals surface area (Å²) >= 11 is 0. The first kappa shape index (κ1) is 22.7. The monoisotopic (exact) mass is 432 g/mol. The van der Waals surface area contributed by atoms with Gasteiger partial charge in [-0.15, -0.1) is 0 Å². The summed E-state index contributed by atoms with van der Waals surface area (Å²) < 4.78 is 3.00. The number of amides is 2. The van der Waals surface area contributed by atoms with Crippen LogP contribution in [0.3, 0.4) is 0 Å². The van der Waals surface area contributed by atoms with Crippen LogP contribution in [0.25, 0.3) is 0 Å². The Morgan fingerprint density at radius 2 is 1.33 bits per heavy atom. The molecule has 11 heteroatoms. The average molecular weight is 433 g/mol. The van der Waals surface area contributed by atoms with Crippen LogP contribution in [0.15, 0.2) is 67.3 Å². The Morgan fingerprint density at radius 1 is 0.867 bits per heavy atom. The summed E-state index contributed by atoms with van der Waals surface area (Å²) in [6, 6.07) is 12.4. The van der Waals surface area contributed by atoms with Crippen molar-refractivity contribution in [2.45, 2.75) is 13.1 Å². The topological polar surface area (TPSA) is 142 Å². The third-order valence-corrected chi connectivity index (χ3v) is 4.13. The predicted octanol–water partition coefficient (Wildman–Crippen LogP) is -2.21. The molecule has 3 aromatic rings. The van der Waals surface area contributed by atoms with Crippen molar-refractivity contribution in [1.29, 1.82) is 0 Å². The smallest absolute Gasteiger partial charge is 0.292 e. The number of nitrogens with zero attached hydrogens (tertiary/aromatic N) is 4. The van der Waals surface area contributed by atoms with Gasteiger partial charge in [-0.1, -0.05) is 0 Å². The number of imidazole rings is 1. The van der Waals surface area contributed by atoms with E-state index in [2.05, 4.69) is 0 Å². The van der Waals surface area contributed by atoms with E-state index >= 15 is 0 Å². The van der Waals surface area contributed by atoms with Crippen molar-refractivity contribution < 1.29 is 37.0 Å². The first-order valence-electron chi connectivity index (χ1n) is 8.63. The molecule has 2 aromatic carbocycles. The van der Waals surface area contributed by atoms with Crippen LogP contribution in [0.1, 0.15) is 0 Å². The maximum absolute atomic E-state index is 12.2. The van der Waals surface area contributed by atoms with Gasteiger partial charge in [0, 0.05) is 11.4 Å². The third-order valence-electron chi connectivity index (χ3n) is 4.13. The first-order valence-corrected chi connectivity index (χ1v) is 8.63. The van der Waals surface area contributed by atoms with E-state index in [1.54, 1.807) is 36.7 Å². The van der Waals surface area contributed by atoms with Gasteiger partial charge in [0.15, 0.2) is 13.1 Å². The maximum Gasteiger partial charge on any atom is 0.292 e. The Bertz CT molecular complexity index is 927. The zero-order valence-electron chi connectivity index (χ0n) is 15.8. The highest BCUT2D eigenvalue weighted by Crippen LogP contribution is 2.16. The predicted molar refractivity (Wildman–Crippen MR) is 105 cm³/mol. The lowest BCUT2D eigenvalue weighted by Crippen LogP contribution is -3.00. The number of rotatable bonds is 6. The molecule has 2 amide bonds. The van der Waals surface area contributed by atoms with E-state index in [0.29, 0.717) is 32.9 Å². The van der Waals surface area contributed by atoms with Crippen molar-refractivity contribution in [3.05, 3.63) is 67.3 Å². The first-order chi connectivity index (χ1) is 13.8. The summed E-state index contributed by atoms with van der Waals surface area (Å²) in [4.78, 5) is 24.5. The number of halogens is 1. The molecule has 0 saturated carbocycles. The highest BCUT2D eigenvalue weighted by atomic mass is 35.5. The SMILES string of the molecule is Nc1ccc(N(O)C(=O)Cn2cc[n+](CC(=O)N(O)c3ccc(N)cc3)c2)cc1.[Cl-]. The quantitative estimate of drug-likeness (QED) is 0.150. The lowest BCUT2D eigenvalue weighted by atomic mass is 10.3. The van der Waals surface area contributed by atoms with E-state index in [4.69, 9.17) is 11.5 Å². The molecule has 0 saturated heterocycles. The molecule has 3 rings (SSSR count). The van der Waals surface area contributed by atoms with Gasteiger partial charge in [0.25, 0.3) is 11.8 Å². The van der Waals surface area contributed by atoms with Gasteiger partial charge in [-0.2, -0.15) is 10.1 Å². The third kappa shape index (κ3) is 5.47. The number of hydrogen-bond donors (Lipinski definition) is 4. The van der Waals surface area contributed by atoms with Crippen LogP contribution in [0.2, 0.25) is 0 Å². The molecule has 1 aromatic heterocycles. The minimum absolute atomic E-state index is 0. The molecule has 0 radical (unpaired) electrons. The molecule has 0 fully saturated rings. The van der Waals surface area contributed by atoms with Gasteiger partial charge in [0.05, 0.1) is 11.4 Å². The lowest BCUT2D eigenvalue weighted by molar-refractivity contribution is -0.683. The molecule has 0 aliphatic heterocycles. The Hall–Kier alpha value is -3.60. The highest BCUT2D eigenvalue weighted by molar-refractivity contribution is 5.91. The van der Waals surface area contributed by atoms with Crippen molar-refractivity contribution in [3.63, 3.8) is 0 Å². The molecule has 0 unspecified atom stereocenters. The molecule has 0 bridgehead atoms. The molecule has 1 heterocycles. The van der Waals surface area contributed by atoms with E-state index < -0.39 is 11.8 Å². The second-order valence-electron chi connectivity index (χ2n) is 6.35. The Labute approximate surface area is 178 Å². The number of benzene rings is 2. The number of nitrogen functional groups attached to an aromatic ring is 2. The fourth-order valence-electron chi connectivity index (χ4n) is 2.59. The fraction of sp³-hybridized carbons (Fsp3) is 0.105. The van der Waals surface area contributed by atoms with Crippen LogP contribution in [0.5, 0.6) is 0 Å². The average Bonchev–Trinajstić information content (AvgIpc) is 3.14. The van der Waals surface area contributed by atoms with E-state index in [1.807, 2.05) is 0 Å². The second kappa shape index (κ2) is 9.74. The zero-order chi connectivity index (χ0) is 21.0. The summed E-state index contributed by atoms with van der Waals surface area (Å²) in [5, 5.41) is 21.1. The molecule has 0 aliphatic carbocycles. The van der Waals surface area contributed by atoms with Crippen LogP contribution in [-0.2, 0) is 22.7 Å². The number of nitrogens with two attached hydrogens (primary N) is 2. The van der Waals surface area contributed by atoms with Gasteiger partial charge in [-0.05, 0) is 48.5 Å². The normalized spacial score (nSPS) is 10.2. The van der Waals surface area contributed by atoms with E-state index in [0.717, 1.165) is 0 Å². The number of anilines is 4. The molecule has 158 valence electrons. The summed E-state index contributed by atoms with van der Waals surface area (Å²) in [5.74, 6) is -1.15. The maximum atomic E-state index is 12.2.